The van der Waals surface area contributed by atoms with Gasteiger partial charge in [-0.1, -0.05) is 33.1 Å². The summed E-state index contributed by atoms with van der Waals surface area (Å²) >= 11 is 0. The first-order valence-corrected chi connectivity index (χ1v) is 7.61. The van der Waals surface area contributed by atoms with Gasteiger partial charge in [0.25, 0.3) is 0 Å². The number of aliphatic hydroxyl groups excluding tert-OH is 1. The SMILES string of the molecule is CCCCC(CC)COc1cc(OC)ccc1[C@@H](C)O. The lowest BCUT2D eigenvalue weighted by Gasteiger charge is -2.19. The van der Waals surface area contributed by atoms with Crippen LogP contribution in [-0.4, -0.2) is 18.8 Å². The zero-order valence-corrected chi connectivity index (χ0v) is 13.2. The van der Waals surface area contributed by atoms with E-state index in [-0.39, 0.29) is 0 Å². The maximum atomic E-state index is 9.81. The number of hydrogen-bond donors (Lipinski definition) is 1. The molecular weight excluding hydrogens is 252 g/mol. The first-order valence-electron chi connectivity index (χ1n) is 7.61. The molecule has 0 saturated carbocycles. The van der Waals surface area contributed by atoms with E-state index in [9.17, 15) is 5.11 Å². The lowest BCUT2D eigenvalue weighted by Crippen LogP contribution is -2.12. The monoisotopic (exact) mass is 280 g/mol. The summed E-state index contributed by atoms with van der Waals surface area (Å²) in [7, 11) is 1.64. The zero-order valence-electron chi connectivity index (χ0n) is 13.2. The van der Waals surface area contributed by atoms with Crippen LogP contribution in [0, 0.1) is 5.92 Å². The smallest absolute Gasteiger partial charge is 0.128 e. The van der Waals surface area contributed by atoms with Gasteiger partial charge in [-0.15, -0.1) is 0 Å². The molecule has 0 spiro atoms. The van der Waals surface area contributed by atoms with Gasteiger partial charge in [0.1, 0.15) is 11.5 Å². The van der Waals surface area contributed by atoms with Gasteiger partial charge in [-0.3, -0.25) is 0 Å². The first-order chi connectivity index (χ1) is 9.62. The molecule has 0 aliphatic rings. The molecule has 0 fully saturated rings. The number of aliphatic hydroxyl groups is 1. The average Bonchev–Trinajstić information content (AvgIpc) is 2.47. The van der Waals surface area contributed by atoms with E-state index >= 15 is 0 Å². The van der Waals surface area contributed by atoms with Gasteiger partial charge in [-0.2, -0.15) is 0 Å². The highest BCUT2D eigenvalue weighted by Crippen LogP contribution is 2.30. The Kier molecular flexibility index (Phi) is 7.45. The molecule has 0 saturated heterocycles. The number of rotatable bonds is 9. The molecule has 0 bridgehead atoms. The van der Waals surface area contributed by atoms with E-state index < -0.39 is 6.10 Å². The van der Waals surface area contributed by atoms with E-state index in [4.69, 9.17) is 9.47 Å². The van der Waals surface area contributed by atoms with Gasteiger partial charge < -0.3 is 14.6 Å². The van der Waals surface area contributed by atoms with E-state index in [0.29, 0.717) is 12.5 Å². The molecule has 0 heterocycles. The maximum Gasteiger partial charge on any atom is 0.128 e. The number of unbranched alkanes of at least 4 members (excludes halogenated alkanes) is 1. The van der Waals surface area contributed by atoms with Gasteiger partial charge in [-0.05, 0) is 31.4 Å². The average molecular weight is 280 g/mol. The summed E-state index contributed by atoms with van der Waals surface area (Å²) in [6.07, 6.45) is 4.24. The third-order valence-electron chi connectivity index (χ3n) is 3.69. The number of methoxy groups -OCH3 is 1. The van der Waals surface area contributed by atoms with E-state index in [1.54, 1.807) is 14.0 Å². The van der Waals surface area contributed by atoms with Crippen molar-refractivity contribution in [3.8, 4) is 11.5 Å². The molecule has 0 radical (unpaired) electrons. The molecule has 3 heteroatoms. The highest BCUT2D eigenvalue weighted by Gasteiger charge is 2.13. The van der Waals surface area contributed by atoms with Gasteiger partial charge in [0, 0.05) is 11.6 Å². The van der Waals surface area contributed by atoms with E-state index in [1.807, 2.05) is 18.2 Å². The molecule has 0 aromatic heterocycles. The summed E-state index contributed by atoms with van der Waals surface area (Å²) in [5.41, 5.74) is 0.816. The van der Waals surface area contributed by atoms with Crippen molar-refractivity contribution < 1.29 is 14.6 Å². The van der Waals surface area contributed by atoms with Crippen LogP contribution in [-0.2, 0) is 0 Å². The van der Waals surface area contributed by atoms with Crippen molar-refractivity contribution in [2.24, 2.45) is 5.92 Å². The zero-order chi connectivity index (χ0) is 15.0. The van der Waals surface area contributed by atoms with Crippen LogP contribution < -0.4 is 9.47 Å². The molecule has 20 heavy (non-hydrogen) atoms. The molecule has 1 rings (SSSR count). The quantitative estimate of drug-likeness (QED) is 0.731. The Labute approximate surface area is 122 Å². The van der Waals surface area contributed by atoms with Gasteiger partial charge in [-0.25, -0.2) is 0 Å². The number of ether oxygens (including phenoxy) is 2. The summed E-state index contributed by atoms with van der Waals surface area (Å²) in [5, 5.41) is 9.81. The minimum absolute atomic E-state index is 0.536. The van der Waals surface area contributed by atoms with Crippen molar-refractivity contribution in [2.75, 3.05) is 13.7 Å². The van der Waals surface area contributed by atoms with Gasteiger partial charge in [0.05, 0.1) is 19.8 Å². The van der Waals surface area contributed by atoms with Crippen LogP contribution >= 0.6 is 0 Å². The summed E-state index contributed by atoms with van der Waals surface area (Å²) in [4.78, 5) is 0. The molecule has 114 valence electrons. The van der Waals surface area contributed by atoms with Crippen LogP contribution in [0.4, 0.5) is 0 Å². The summed E-state index contributed by atoms with van der Waals surface area (Å²) in [6, 6.07) is 5.57. The van der Waals surface area contributed by atoms with Crippen LogP contribution in [0.1, 0.15) is 58.1 Å². The molecule has 1 unspecified atom stereocenters. The van der Waals surface area contributed by atoms with Gasteiger partial charge in [0.2, 0.25) is 0 Å². The second kappa shape index (κ2) is 8.85. The van der Waals surface area contributed by atoms with E-state index in [2.05, 4.69) is 13.8 Å². The van der Waals surface area contributed by atoms with E-state index in [1.165, 1.54) is 19.3 Å². The van der Waals surface area contributed by atoms with Crippen molar-refractivity contribution in [3.05, 3.63) is 23.8 Å². The summed E-state index contributed by atoms with van der Waals surface area (Å²) in [5.74, 6) is 2.06. The lowest BCUT2D eigenvalue weighted by molar-refractivity contribution is 0.183. The highest BCUT2D eigenvalue weighted by molar-refractivity contribution is 5.41. The third kappa shape index (κ3) is 5.04. The van der Waals surface area contributed by atoms with Crippen LogP contribution in [0.5, 0.6) is 11.5 Å². The molecule has 0 aliphatic carbocycles. The van der Waals surface area contributed by atoms with Crippen molar-refractivity contribution in [1.82, 2.24) is 0 Å². The molecule has 1 aromatic rings. The Morgan fingerprint density at radius 3 is 2.55 bits per heavy atom. The normalized spacial score (nSPS) is 13.8. The lowest BCUT2D eigenvalue weighted by atomic mass is 10.0. The minimum atomic E-state index is -0.536. The summed E-state index contributed by atoms with van der Waals surface area (Å²) < 4.78 is 11.2. The Morgan fingerprint density at radius 2 is 2.00 bits per heavy atom. The third-order valence-corrected chi connectivity index (χ3v) is 3.69. The van der Waals surface area contributed by atoms with Crippen LogP contribution in [0.15, 0.2) is 18.2 Å². The van der Waals surface area contributed by atoms with Crippen molar-refractivity contribution in [1.29, 1.82) is 0 Å². The topological polar surface area (TPSA) is 38.7 Å². The predicted octanol–water partition coefficient (Wildman–Crippen LogP) is 4.34. The second-order valence-electron chi connectivity index (χ2n) is 5.31. The molecule has 0 amide bonds. The van der Waals surface area contributed by atoms with Crippen LogP contribution in [0.25, 0.3) is 0 Å². The molecule has 1 aromatic carbocycles. The Bertz CT molecular complexity index is 388. The molecule has 3 nitrogen and oxygen atoms in total. The minimum Gasteiger partial charge on any atom is -0.497 e. The summed E-state index contributed by atoms with van der Waals surface area (Å²) in [6.45, 7) is 6.86. The van der Waals surface area contributed by atoms with Crippen molar-refractivity contribution in [3.63, 3.8) is 0 Å². The Morgan fingerprint density at radius 1 is 1.25 bits per heavy atom. The second-order valence-corrected chi connectivity index (χ2v) is 5.31. The first kappa shape index (κ1) is 16.8. The highest BCUT2D eigenvalue weighted by atomic mass is 16.5. The fourth-order valence-electron chi connectivity index (χ4n) is 2.22. The largest absolute Gasteiger partial charge is 0.497 e. The predicted molar refractivity (Wildman–Crippen MR) is 82.4 cm³/mol. The Hall–Kier alpha value is -1.22. The van der Waals surface area contributed by atoms with Gasteiger partial charge >= 0.3 is 0 Å². The van der Waals surface area contributed by atoms with Gasteiger partial charge in [0.15, 0.2) is 0 Å². The van der Waals surface area contributed by atoms with Crippen molar-refractivity contribution >= 4 is 0 Å². The standard InChI is InChI=1S/C17H28O3/c1-5-7-8-14(6-2)12-20-17-11-15(19-4)9-10-16(17)13(3)18/h9-11,13-14,18H,5-8,12H2,1-4H3/t13-,14?/m1/s1. The molecular formula is C17H28O3. The fraction of sp³-hybridized carbons (Fsp3) is 0.647. The molecule has 0 aliphatic heterocycles. The van der Waals surface area contributed by atoms with Crippen LogP contribution in [0.3, 0.4) is 0 Å². The number of benzene rings is 1. The molecule has 1 N–H and O–H groups in total. The van der Waals surface area contributed by atoms with Crippen LogP contribution in [0.2, 0.25) is 0 Å². The van der Waals surface area contributed by atoms with E-state index in [0.717, 1.165) is 23.5 Å². The maximum absolute atomic E-state index is 9.81. The van der Waals surface area contributed by atoms with Crippen molar-refractivity contribution in [2.45, 2.75) is 52.6 Å². The fourth-order valence-corrected chi connectivity index (χ4v) is 2.22. The molecule has 2 atom stereocenters. The Balaban J connectivity index is 2.73. The number of hydrogen-bond acceptors (Lipinski definition) is 3.